The second kappa shape index (κ2) is 26.6. The van der Waals surface area contributed by atoms with E-state index in [4.69, 9.17) is 9.47 Å². The lowest BCUT2D eigenvalue weighted by Gasteiger charge is -2.54. The molecule has 1 unspecified atom stereocenters. The van der Waals surface area contributed by atoms with Crippen LogP contribution in [0.25, 0.3) is 0 Å². The van der Waals surface area contributed by atoms with Crippen LogP contribution in [-0.4, -0.2) is 31.1 Å². The predicted molar refractivity (Wildman–Crippen MR) is 214 cm³/mol. The van der Waals surface area contributed by atoms with Crippen LogP contribution in [0.1, 0.15) is 206 Å². The maximum absolute atomic E-state index is 6.68. The molecular weight excluding hydrogens is 599 g/mol. The minimum Gasteiger partial charge on any atom is -0.344 e. The minimum atomic E-state index is -0.245. The molecule has 1 N–H and O–H groups in total. The van der Waals surface area contributed by atoms with E-state index in [0.29, 0.717) is 23.7 Å². The first-order chi connectivity index (χ1) is 24.1. The summed E-state index contributed by atoms with van der Waals surface area (Å²) in [5, 5.41) is 3.45. The van der Waals surface area contributed by atoms with Crippen LogP contribution in [0.4, 0.5) is 0 Å². The highest BCUT2D eigenvalue weighted by atomic mass is 16.8. The van der Waals surface area contributed by atoms with Gasteiger partial charge in [-0.2, -0.15) is 0 Å². The van der Waals surface area contributed by atoms with E-state index in [1.54, 1.807) is 0 Å². The standard InChI is InChI=1S/C46H81NO2/c1-4-6-8-10-12-14-16-18-20-22-24-26-28-30-32-34-36-45(40-46(41-45)48-43-38-42(47-3)39-44(43)49-46)37-35-33-31-29-27-25-23-21-19-17-15-13-11-9-7-5-2/h12-15,18-21,42-44,47H,4-11,16-17,22-41H2,1-3H3/b14-12-,15-13-,20-18-,21-19-/t42?,43-,44+. The fourth-order valence-electron chi connectivity index (χ4n) is 8.74. The van der Waals surface area contributed by atoms with Crippen LogP contribution < -0.4 is 5.32 Å². The number of nitrogens with one attached hydrogen (secondary N) is 1. The van der Waals surface area contributed by atoms with Crippen molar-refractivity contribution in [1.82, 2.24) is 5.32 Å². The van der Waals surface area contributed by atoms with Crippen LogP contribution in [0.2, 0.25) is 0 Å². The van der Waals surface area contributed by atoms with Gasteiger partial charge in [-0.15, -0.1) is 0 Å². The Morgan fingerprint density at radius 2 is 0.857 bits per heavy atom. The highest BCUT2D eigenvalue weighted by Gasteiger charge is 2.62. The summed E-state index contributed by atoms with van der Waals surface area (Å²) in [6, 6.07) is 0.564. The lowest BCUT2D eigenvalue weighted by Crippen LogP contribution is -2.53. The van der Waals surface area contributed by atoms with E-state index in [2.05, 4.69) is 74.8 Å². The molecule has 0 amide bonds. The monoisotopic (exact) mass is 680 g/mol. The van der Waals surface area contributed by atoms with Crippen LogP contribution >= 0.6 is 0 Å². The molecule has 0 aromatic heterocycles. The maximum Gasteiger partial charge on any atom is 0.170 e. The van der Waals surface area contributed by atoms with E-state index >= 15 is 0 Å². The third-order valence-corrected chi connectivity index (χ3v) is 11.7. The van der Waals surface area contributed by atoms with Crippen molar-refractivity contribution in [3.05, 3.63) is 48.6 Å². The zero-order valence-electron chi connectivity index (χ0n) is 32.9. The van der Waals surface area contributed by atoms with Crippen LogP contribution in [0.3, 0.4) is 0 Å². The summed E-state index contributed by atoms with van der Waals surface area (Å²) in [6.45, 7) is 4.55. The van der Waals surface area contributed by atoms with Gasteiger partial charge in [0.15, 0.2) is 5.79 Å². The van der Waals surface area contributed by atoms with E-state index in [0.717, 1.165) is 38.5 Å². The van der Waals surface area contributed by atoms with E-state index < -0.39 is 0 Å². The molecule has 1 aliphatic heterocycles. The molecule has 3 heteroatoms. The van der Waals surface area contributed by atoms with Crippen molar-refractivity contribution in [3.8, 4) is 0 Å². The van der Waals surface area contributed by atoms with Gasteiger partial charge >= 0.3 is 0 Å². The third kappa shape index (κ3) is 17.8. The average molecular weight is 680 g/mol. The van der Waals surface area contributed by atoms with Gasteiger partial charge in [0.05, 0.1) is 12.2 Å². The average Bonchev–Trinajstić information content (AvgIpc) is 3.64. The SMILES string of the molecule is CCCCC/C=C\C/C=C\CCCCCCCCC1(CCCCCCCC/C=C\C/C=C\CCCCC)CC2(C1)O[C@H]1CC(NC)C[C@H]1O2. The molecule has 3 aliphatic rings. The van der Waals surface area contributed by atoms with E-state index in [9.17, 15) is 0 Å². The molecule has 0 radical (unpaired) electrons. The van der Waals surface area contributed by atoms with E-state index in [1.165, 1.54) is 154 Å². The Labute approximate surface area is 305 Å². The number of ether oxygens (including phenoxy) is 2. The number of allylic oxidation sites excluding steroid dienone is 8. The van der Waals surface area contributed by atoms with Crippen molar-refractivity contribution >= 4 is 0 Å². The molecule has 2 saturated carbocycles. The van der Waals surface area contributed by atoms with Gasteiger partial charge in [0, 0.05) is 18.9 Å². The number of unbranched alkanes of at least 4 members (excludes halogenated alkanes) is 18. The van der Waals surface area contributed by atoms with Crippen molar-refractivity contribution in [3.63, 3.8) is 0 Å². The normalized spacial score (nSPS) is 22.9. The van der Waals surface area contributed by atoms with Gasteiger partial charge in [0.25, 0.3) is 0 Å². The first-order valence-corrected chi connectivity index (χ1v) is 21.8. The zero-order valence-corrected chi connectivity index (χ0v) is 32.9. The maximum atomic E-state index is 6.68. The third-order valence-electron chi connectivity index (χ3n) is 11.7. The van der Waals surface area contributed by atoms with Gasteiger partial charge in [-0.05, 0) is 102 Å². The summed E-state index contributed by atoms with van der Waals surface area (Å²) in [6.07, 6.45) is 58.8. The lowest BCUT2D eigenvalue weighted by atomic mass is 9.59. The Bertz CT molecular complexity index is 846. The molecule has 3 atom stereocenters. The molecule has 0 aromatic rings. The van der Waals surface area contributed by atoms with Crippen molar-refractivity contribution in [2.75, 3.05) is 7.05 Å². The Balaban J connectivity index is 1.24. The first-order valence-electron chi connectivity index (χ1n) is 21.8. The Morgan fingerprint density at radius 1 is 0.490 bits per heavy atom. The predicted octanol–water partition coefficient (Wildman–Crippen LogP) is 14.0. The molecule has 2 aliphatic carbocycles. The summed E-state index contributed by atoms with van der Waals surface area (Å²) in [5.41, 5.74) is 0.464. The molecule has 0 bridgehead atoms. The van der Waals surface area contributed by atoms with E-state index in [-0.39, 0.29) is 5.79 Å². The smallest absolute Gasteiger partial charge is 0.170 e. The summed E-state index contributed by atoms with van der Waals surface area (Å²) in [7, 11) is 2.08. The fourth-order valence-corrected chi connectivity index (χ4v) is 8.74. The molecule has 49 heavy (non-hydrogen) atoms. The minimum absolute atomic E-state index is 0.245. The van der Waals surface area contributed by atoms with Crippen molar-refractivity contribution in [1.29, 1.82) is 0 Å². The molecule has 1 heterocycles. The Kier molecular flexibility index (Phi) is 22.9. The fraction of sp³-hybridized carbons (Fsp3) is 0.826. The quantitative estimate of drug-likeness (QED) is 0.0584. The van der Waals surface area contributed by atoms with Gasteiger partial charge in [-0.1, -0.05) is 152 Å². The largest absolute Gasteiger partial charge is 0.344 e. The number of hydrogen-bond acceptors (Lipinski definition) is 3. The highest BCUT2D eigenvalue weighted by Crippen LogP contribution is 2.61. The van der Waals surface area contributed by atoms with Crippen molar-refractivity contribution < 1.29 is 9.47 Å². The summed E-state index contributed by atoms with van der Waals surface area (Å²) < 4.78 is 13.4. The molecule has 282 valence electrons. The summed E-state index contributed by atoms with van der Waals surface area (Å²) in [4.78, 5) is 0. The number of hydrogen-bond donors (Lipinski definition) is 1. The zero-order chi connectivity index (χ0) is 34.7. The molecule has 3 rings (SSSR count). The van der Waals surface area contributed by atoms with Gasteiger partial charge in [-0.25, -0.2) is 0 Å². The van der Waals surface area contributed by atoms with Gasteiger partial charge < -0.3 is 14.8 Å². The lowest BCUT2D eigenvalue weighted by molar-refractivity contribution is -0.281. The highest BCUT2D eigenvalue weighted by molar-refractivity contribution is 5.06. The molecule has 3 nitrogen and oxygen atoms in total. The summed E-state index contributed by atoms with van der Waals surface area (Å²) in [5.74, 6) is -0.245. The number of rotatable bonds is 31. The van der Waals surface area contributed by atoms with Crippen molar-refractivity contribution in [2.45, 2.75) is 231 Å². The molecular formula is C46H81NO2. The Morgan fingerprint density at radius 3 is 1.24 bits per heavy atom. The topological polar surface area (TPSA) is 30.5 Å². The second-order valence-electron chi connectivity index (χ2n) is 16.2. The van der Waals surface area contributed by atoms with Gasteiger partial charge in [-0.3, -0.25) is 0 Å². The van der Waals surface area contributed by atoms with E-state index in [1.807, 2.05) is 0 Å². The van der Waals surface area contributed by atoms with Gasteiger partial charge in [0.1, 0.15) is 0 Å². The molecule has 1 saturated heterocycles. The Hall–Kier alpha value is -1.16. The summed E-state index contributed by atoms with van der Waals surface area (Å²) >= 11 is 0. The second-order valence-corrected chi connectivity index (χ2v) is 16.2. The molecule has 0 aromatic carbocycles. The van der Waals surface area contributed by atoms with Crippen LogP contribution in [-0.2, 0) is 9.47 Å². The van der Waals surface area contributed by atoms with Crippen molar-refractivity contribution in [2.24, 2.45) is 5.41 Å². The number of fused-ring (bicyclic) bond motifs is 1. The molecule has 3 fully saturated rings. The molecule has 1 spiro atoms. The van der Waals surface area contributed by atoms with Gasteiger partial charge in [0.2, 0.25) is 0 Å². The van der Waals surface area contributed by atoms with Crippen LogP contribution in [0.15, 0.2) is 48.6 Å². The van der Waals surface area contributed by atoms with Crippen LogP contribution in [0.5, 0.6) is 0 Å². The van der Waals surface area contributed by atoms with Crippen LogP contribution in [0, 0.1) is 5.41 Å². The first kappa shape index (κ1) is 42.3.